The topological polar surface area (TPSA) is 111 Å². The van der Waals surface area contributed by atoms with E-state index in [9.17, 15) is 19.5 Å². The molecule has 0 fully saturated rings. The van der Waals surface area contributed by atoms with Crippen LogP contribution in [0.2, 0.25) is 0 Å². The Labute approximate surface area is 217 Å². The van der Waals surface area contributed by atoms with Crippen LogP contribution in [0.3, 0.4) is 0 Å². The van der Waals surface area contributed by atoms with Gasteiger partial charge in [0.2, 0.25) is 5.91 Å². The minimum absolute atomic E-state index is 0.154. The van der Waals surface area contributed by atoms with Crippen LogP contribution in [-0.4, -0.2) is 60.7 Å². The van der Waals surface area contributed by atoms with E-state index in [2.05, 4.69) is 26.6 Å². The van der Waals surface area contributed by atoms with E-state index in [1.54, 1.807) is 12.0 Å². The maximum atomic E-state index is 13.9. The van der Waals surface area contributed by atoms with Gasteiger partial charge in [-0.2, -0.15) is 0 Å². The molecule has 3 amide bonds. The molecule has 10 heteroatoms. The highest BCUT2D eigenvalue weighted by Gasteiger charge is 2.34. The van der Waals surface area contributed by atoms with E-state index in [1.165, 1.54) is 14.0 Å². The van der Waals surface area contributed by atoms with Crippen molar-refractivity contribution in [1.29, 1.82) is 0 Å². The molecule has 0 saturated heterocycles. The number of para-hydroxylation sites is 2. The van der Waals surface area contributed by atoms with Gasteiger partial charge < -0.3 is 25.4 Å². The zero-order valence-electron chi connectivity index (χ0n) is 20.1. The van der Waals surface area contributed by atoms with Crippen LogP contribution in [0, 0.1) is 0 Å². The molecule has 36 heavy (non-hydrogen) atoms. The van der Waals surface area contributed by atoms with Crippen molar-refractivity contribution in [3.05, 3.63) is 64.6 Å². The summed E-state index contributed by atoms with van der Waals surface area (Å²) in [6.07, 6.45) is -1.23. The molecule has 3 aromatic rings. The van der Waals surface area contributed by atoms with E-state index >= 15 is 0 Å². The molecule has 188 valence electrons. The second-order valence-electron chi connectivity index (χ2n) is 8.56. The highest BCUT2D eigenvalue weighted by atomic mass is 79.9. The van der Waals surface area contributed by atoms with Gasteiger partial charge in [0.1, 0.15) is 17.8 Å². The lowest BCUT2D eigenvalue weighted by atomic mass is 10.0. The Hall–Kier alpha value is -3.79. The Morgan fingerprint density at radius 1 is 1.25 bits per heavy atom. The zero-order chi connectivity index (χ0) is 26.0. The van der Waals surface area contributed by atoms with Crippen molar-refractivity contribution in [3.63, 3.8) is 0 Å². The van der Waals surface area contributed by atoms with Crippen LogP contribution >= 0.6 is 15.9 Å². The third-order valence-corrected chi connectivity index (χ3v) is 6.91. The second kappa shape index (κ2) is 10.4. The predicted molar refractivity (Wildman–Crippen MR) is 142 cm³/mol. The van der Waals surface area contributed by atoms with Gasteiger partial charge in [-0.25, -0.2) is 4.79 Å². The summed E-state index contributed by atoms with van der Waals surface area (Å²) in [5.74, 6) is -0.231. The molecule has 9 nitrogen and oxygen atoms in total. The summed E-state index contributed by atoms with van der Waals surface area (Å²) in [5, 5.41) is 17.1. The molecule has 0 spiro atoms. The summed E-state index contributed by atoms with van der Waals surface area (Å²) in [7, 11) is 2.90. The van der Waals surface area contributed by atoms with Crippen LogP contribution in [-0.2, 0) is 16.1 Å². The molecule has 0 aliphatic carbocycles. The van der Waals surface area contributed by atoms with Crippen molar-refractivity contribution in [2.24, 2.45) is 0 Å². The summed E-state index contributed by atoms with van der Waals surface area (Å²) in [6.45, 7) is 1.83. The first kappa shape index (κ1) is 25.3. The third-order valence-electron chi connectivity index (χ3n) is 6.42. The quantitative estimate of drug-likeness (QED) is 0.423. The Bertz CT molecular complexity index is 1330. The number of ether oxygens (including phenoxy) is 1. The molecule has 2 atom stereocenters. The number of nitrogens with zero attached hydrogens (tertiary/aromatic N) is 2. The van der Waals surface area contributed by atoms with Crippen LogP contribution in [0.5, 0.6) is 5.75 Å². The van der Waals surface area contributed by atoms with E-state index in [0.717, 1.165) is 31.4 Å². The van der Waals surface area contributed by atoms with Gasteiger partial charge in [0.25, 0.3) is 5.91 Å². The molecule has 0 radical (unpaired) electrons. The molecule has 1 aliphatic heterocycles. The van der Waals surface area contributed by atoms with Crippen molar-refractivity contribution < 1.29 is 24.2 Å². The van der Waals surface area contributed by atoms with Gasteiger partial charge >= 0.3 is 6.09 Å². The van der Waals surface area contributed by atoms with Gasteiger partial charge in [0.05, 0.1) is 25.0 Å². The second-order valence-corrected chi connectivity index (χ2v) is 9.48. The Balaban J connectivity index is 1.72. The number of rotatable bonds is 6. The van der Waals surface area contributed by atoms with Crippen LogP contribution in [0.1, 0.15) is 12.5 Å². The molecule has 4 rings (SSSR count). The summed E-state index contributed by atoms with van der Waals surface area (Å²) >= 11 is 3.51. The van der Waals surface area contributed by atoms with E-state index in [1.807, 2.05) is 54.6 Å². The number of hydrogen-bond acceptors (Lipinski definition) is 5. The lowest BCUT2D eigenvalue weighted by Gasteiger charge is -2.28. The number of hydrogen-bond donors (Lipinski definition) is 3. The number of methoxy groups -OCH3 is 1. The van der Waals surface area contributed by atoms with Crippen molar-refractivity contribution in [1.82, 2.24) is 10.2 Å². The maximum Gasteiger partial charge on any atom is 0.407 e. The molecule has 3 aromatic carbocycles. The Morgan fingerprint density at radius 3 is 2.72 bits per heavy atom. The van der Waals surface area contributed by atoms with Crippen molar-refractivity contribution in [2.75, 3.05) is 30.9 Å². The lowest BCUT2D eigenvalue weighted by Crippen LogP contribution is -2.55. The Kier molecular flexibility index (Phi) is 7.35. The standard InChI is InChI=1S/C26H27BrN4O5/c1-15(30(2)26(34)35)24(32)29-21-13-28-20-6-4-5-7-22(20)31(25(21)33)14-19-18-10-9-17(27)12-16(18)8-11-23(19)36-3/h4-12,15,21,28H,13-14H2,1-3H3,(H,29,32)(H,34,35)/t15?,21-/m0/s1. The summed E-state index contributed by atoms with van der Waals surface area (Å²) in [4.78, 5) is 40.5. The average molecular weight is 555 g/mol. The minimum Gasteiger partial charge on any atom is -0.496 e. The number of carboxylic acid groups (broad SMARTS) is 1. The minimum atomic E-state index is -1.23. The number of carbonyl (C=O) groups is 3. The molecular weight excluding hydrogens is 528 g/mol. The highest BCUT2D eigenvalue weighted by Crippen LogP contribution is 2.35. The average Bonchev–Trinajstić information content (AvgIpc) is 2.99. The highest BCUT2D eigenvalue weighted by molar-refractivity contribution is 9.10. The van der Waals surface area contributed by atoms with Crippen molar-refractivity contribution in [3.8, 4) is 5.75 Å². The fraction of sp³-hybridized carbons (Fsp3) is 0.269. The van der Waals surface area contributed by atoms with E-state index in [-0.39, 0.29) is 19.0 Å². The molecule has 0 bridgehead atoms. The van der Waals surface area contributed by atoms with Gasteiger partial charge in [0.15, 0.2) is 0 Å². The number of carbonyl (C=O) groups excluding carboxylic acids is 2. The summed E-state index contributed by atoms with van der Waals surface area (Å²) in [5.41, 5.74) is 2.25. The number of likely N-dealkylation sites (N-methyl/N-ethyl adjacent to an activating group) is 1. The van der Waals surface area contributed by atoms with Crippen molar-refractivity contribution >= 4 is 56.0 Å². The van der Waals surface area contributed by atoms with E-state index in [4.69, 9.17) is 4.74 Å². The monoisotopic (exact) mass is 554 g/mol. The summed E-state index contributed by atoms with van der Waals surface area (Å²) < 4.78 is 6.59. The first-order chi connectivity index (χ1) is 17.2. The fourth-order valence-corrected chi connectivity index (χ4v) is 4.61. The number of anilines is 2. The maximum absolute atomic E-state index is 13.9. The predicted octanol–water partition coefficient (Wildman–Crippen LogP) is 4.05. The van der Waals surface area contributed by atoms with Crippen LogP contribution in [0.4, 0.5) is 16.2 Å². The SMILES string of the molecule is COc1ccc2cc(Br)ccc2c1CN1C(=O)[C@@H](NC(=O)C(C)N(C)C(=O)O)CNc2ccccc21. The lowest BCUT2D eigenvalue weighted by molar-refractivity contribution is -0.129. The molecule has 1 aliphatic rings. The van der Waals surface area contributed by atoms with E-state index < -0.39 is 24.1 Å². The normalized spacial score (nSPS) is 15.9. The van der Waals surface area contributed by atoms with E-state index in [0.29, 0.717) is 11.4 Å². The number of halogens is 1. The van der Waals surface area contributed by atoms with Crippen LogP contribution in [0.15, 0.2) is 59.1 Å². The largest absolute Gasteiger partial charge is 0.496 e. The molecule has 1 heterocycles. The Morgan fingerprint density at radius 2 is 2.00 bits per heavy atom. The first-order valence-corrected chi connectivity index (χ1v) is 12.2. The number of benzene rings is 3. The number of amides is 3. The summed E-state index contributed by atoms with van der Waals surface area (Å²) in [6, 6.07) is 15.3. The van der Waals surface area contributed by atoms with Crippen molar-refractivity contribution in [2.45, 2.75) is 25.6 Å². The fourth-order valence-electron chi connectivity index (χ4n) is 4.23. The van der Waals surface area contributed by atoms with Gasteiger partial charge in [-0.1, -0.05) is 40.2 Å². The molecule has 0 saturated carbocycles. The molecule has 3 N–H and O–H groups in total. The van der Waals surface area contributed by atoms with Gasteiger partial charge in [-0.15, -0.1) is 0 Å². The number of fused-ring (bicyclic) bond motifs is 2. The smallest absolute Gasteiger partial charge is 0.407 e. The molecule has 0 aromatic heterocycles. The van der Waals surface area contributed by atoms with Crippen LogP contribution < -0.4 is 20.3 Å². The number of nitrogens with one attached hydrogen (secondary N) is 2. The zero-order valence-corrected chi connectivity index (χ0v) is 21.7. The molecular formula is C26H27BrN4O5. The third kappa shape index (κ3) is 4.94. The molecule has 1 unspecified atom stereocenters. The van der Waals surface area contributed by atoms with Gasteiger partial charge in [-0.05, 0) is 48.0 Å². The van der Waals surface area contributed by atoms with Gasteiger partial charge in [0, 0.05) is 23.6 Å². The first-order valence-electron chi connectivity index (χ1n) is 11.4. The van der Waals surface area contributed by atoms with Crippen LogP contribution in [0.25, 0.3) is 10.8 Å². The van der Waals surface area contributed by atoms with Gasteiger partial charge in [-0.3, -0.25) is 14.5 Å².